The van der Waals surface area contributed by atoms with Crippen LogP contribution in [0.3, 0.4) is 0 Å². The molecule has 28 heavy (non-hydrogen) atoms. The molecule has 3 atom stereocenters. The van der Waals surface area contributed by atoms with E-state index in [0.717, 1.165) is 0 Å². The third kappa shape index (κ3) is 4.49. The van der Waals surface area contributed by atoms with E-state index in [1.807, 2.05) is 6.92 Å². The first-order valence-electron chi connectivity index (χ1n) is 9.94. The molecule has 0 aliphatic carbocycles. The second-order valence-electron chi connectivity index (χ2n) is 9.25. The van der Waals surface area contributed by atoms with Crippen molar-refractivity contribution in [2.75, 3.05) is 19.7 Å². The highest BCUT2D eigenvalue weighted by Crippen LogP contribution is 2.45. The third-order valence-corrected chi connectivity index (χ3v) is 6.88. The van der Waals surface area contributed by atoms with Crippen LogP contribution in [0, 0.1) is 17.3 Å². The first kappa shape index (κ1) is 22.6. The van der Waals surface area contributed by atoms with Gasteiger partial charge in [-0.3, -0.25) is 9.59 Å². The number of ketones is 1. The SMILES string of the molecule is C=CCOC(=O)N1CC(C(=O)C[C@H]2NC(=O)[C@@H]2[C@@](C)(O[SiH](C)C)C(C)(C)C)C1. The van der Waals surface area contributed by atoms with Crippen LogP contribution in [0.5, 0.6) is 0 Å². The predicted octanol–water partition coefficient (Wildman–Crippen LogP) is 2.12. The molecule has 158 valence electrons. The number of hydrogen-bond donors (Lipinski definition) is 1. The zero-order valence-electron chi connectivity index (χ0n) is 17.9. The number of rotatable bonds is 8. The van der Waals surface area contributed by atoms with Gasteiger partial charge in [0, 0.05) is 19.5 Å². The van der Waals surface area contributed by atoms with Gasteiger partial charge in [0.2, 0.25) is 5.91 Å². The molecule has 0 bridgehead atoms. The highest BCUT2D eigenvalue weighted by atomic mass is 28.3. The summed E-state index contributed by atoms with van der Waals surface area (Å²) in [5.41, 5.74) is -0.864. The van der Waals surface area contributed by atoms with Gasteiger partial charge >= 0.3 is 6.09 Å². The van der Waals surface area contributed by atoms with E-state index in [2.05, 4.69) is 45.8 Å². The third-order valence-electron chi connectivity index (χ3n) is 5.92. The second-order valence-corrected chi connectivity index (χ2v) is 11.6. The molecule has 7 nitrogen and oxygen atoms in total. The van der Waals surface area contributed by atoms with Gasteiger partial charge in [0.15, 0.2) is 9.04 Å². The van der Waals surface area contributed by atoms with Crippen molar-refractivity contribution in [2.45, 2.75) is 58.9 Å². The monoisotopic (exact) mass is 410 g/mol. The van der Waals surface area contributed by atoms with E-state index in [4.69, 9.17) is 9.16 Å². The van der Waals surface area contributed by atoms with E-state index in [1.165, 1.54) is 11.0 Å². The Morgan fingerprint density at radius 3 is 2.36 bits per heavy atom. The number of carbonyl (C=O) groups excluding carboxylic acids is 3. The van der Waals surface area contributed by atoms with Crippen LogP contribution in [-0.4, -0.2) is 63.1 Å². The van der Waals surface area contributed by atoms with Crippen molar-refractivity contribution < 1.29 is 23.5 Å². The maximum atomic E-state index is 12.7. The molecule has 2 amide bonds. The molecule has 0 aromatic rings. The topological polar surface area (TPSA) is 84.9 Å². The van der Waals surface area contributed by atoms with E-state index in [-0.39, 0.29) is 48.0 Å². The smallest absolute Gasteiger partial charge is 0.410 e. The van der Waals surface area contributed by atoms with Crippen LogP contribution in [0.25, 0.3) is 0 Å². The Morgan fingerprint density at radius 2 is 1.89 bits per heavy atom. The van der Waals surface area contributed by atoms with E-state index in [9.17, 15) is 14.4 Å². The van der Waals surface area contributed by atoms with Gasteiger partial charge < -0.3 is 19.4 Å². The average molecular weight is 411 g/mol. The first-order valence-corrected chi connectivity index (χ1v) is 12.7. The number of β-lactam (4-membered cyclic amide) rings is 1. The van der Waals surface area contributed by atoms with Gasteiger partial charge in [-0.2, -0.15) is 0 Å². The zero-order valence-corrected chi connectivity index (χ0v) is 19.1. The minimum Gasteiger partial charge on any atom is -0.445 e. The van der Waals surface area contributed by atoms with E-state index < -0.39 is 20.7 Å². The van der Waals surface area contributed by atoms with Gasteiger partial charge in [-0.05, 0) is 25.4 Å². The Kier molecular flexibility index (Phi) is 6.76. The normalized spacial score (nSPS) is 24.7. The Balaban J connectivity index is 1.97. The minimum absolute atomic E-state index is 0.0480. The molecule has 2 aliphatic heterocycles. The summed E-state index contributed by atoms with van der Waals surface area (Å²) in [6, 6.07) is -0.223. The number of nitrogens with one attached hydrogen (secondary N) is 1. The molecule has 0 aromatic carbocycles. The van der Waals surface area contributed by atoms with Crippen LogP contribution in [0.2, 0.25) is 13.1 Å². The van der Waals surface area contributed by atoms with Crippen LogP contribution >= 0.6 is 0 Å². The van der Waals surface area contributed by atoms with Crippen LogP contribution in [-0.2, 0) is 18.8 Å². The molecule has 0 saturated carbocycles. The summed E-state index contributed by atoms with van der Waals surface area (Å²) < 4.78 is 11.3. The zero-order chi connectivity index (χ0) is 21.3. The van der Waals surface area contributed by atoms with Crippen molar-refractivity contribution >= 4 is 26.8 Å². The quantitative estimate of drug-likeness (QED) is 0.376. The second kappa shape index (κ2) is 8.37. The maximum Gasteiger partial charge on any atom is 0.410 e. The van der Waals surface area contributed by atoms with Gasteiger partial charge in [0.25, 0.3) is 0 Å². The van der Waals surface area contributed by atoms with Crippen LogP contribution < -0.4 is 5.32 Å². The molecule has 0 aromatic heterocycles. The lowest BCUT2D eigenvalue weighted by Crippen LogP contribution is -2.71. The van der Waals surface area contributed by atoms with Crippen molar-refractivity contribution in [3.05, 3.63) is 12.7 Å². The number of carbonyl (C=O) groups is 3. The number of Topliss-reactive ketones (excluding diaryl/α,β-unsaturated/α-hetero) is 1. The van der Waals surface area contributed by atoms with E-state index in [1.54, 1.807) is 0 Å². The fourth-order valence-electron chi connectivity index (χ4n) is 3.89. The number of hydrogen-bond acceptors (Lipinski definition) is 5. The number of likely N-dealkylation sites (tertiary alicyclic amines) is 1. The van der Waals surface area contributed by atoms with Crippen molar-refractivity contribution in [3.8, 4) is 0 Å². The van der Waals surface area contributed by atoms with Gasteiger partial charge in [-0.1, -0.05) is 33.4 Å². The molecule has 8 heteroatoms. The van der Waals surface area contributed by atoms with E-state index in [0.29, 0.717) is 13.1 Å². The fourth-order valence-corrected chi connectivity index (χ4v) is 5.37. The highest BCUT2D eigenvalue weighted by Gasteiger charge is 2.57. The molecule has 0 radical (unpaired) electrons. The predicted molar refractivity (Wildman–Crippen MR) is 109 cm³/mol. The number of amides is 2. The van der Waals surface area contributed by atoms with Gasteiger partial charge in [0.1, 0.15) is 12.4 Å². The molecule has 1 N–H and O–H groups in total. The summed E-state index contributed by atoms with van der Waals surface area (Å²) in [5.74, 6) is -0.523. The Morgan fingerprint density at radius 1 is 1.29 bits per heavy atom. The molecule has 2 heterocycles. The summed E-state index contributed by atoms with van der Waals surface area (Å²) in [4.78, 5) is 38.4. The Labute approximate surface area is 169 Å². The molecule has 0 spiro atoms. The van der Waals surface area contributed by atoms with Crippen LogP contribution in [0.1, 0.15) is 34.1 Å². The highest BCUT2D eigenvalue weighted by molar-refractivity contribution is 6.48. The van der Waals surface area contributed by atoms with Crippen molar-refractivity contribution in [1.82, 2.24) is 10.2 Å². The van der Waals surface area contributed by atoms with Crippen LogP contribution in [0.4, 0.5) is 4.79 Å². The lowest BCUT2D eigenvalue weighted by molar-refractivity contribution is -0.160. The molecule has 2 fully saturated rings. The number of nitrogens with zero attached hydrogens (tertiary/aromatic N) is 1. The Bertz CT molecular complexity index is 639. The van der Waals surface area contributed by atoms with Gasteiger partial charge in [-0.15, -0.1) is 0 Å². The molecule has 2 aliphatic rings. The van der Waals surface area contributed by atoms with Gasteiger partial charge in [-0.25, -0.2) is 4.79 Å². The maximum absolute atomic E-state index is 12.7. The van der Waals surface area contributed by atoms with Crippen molar-refractivity contribution in [1.29, 1.82) is 0 Å². The van der Waals surface area contributed by atoms with E-state index >= 15 is 0 Å². The van der Waals surface area contributed by atoms with Crippen molar-refractivity contribution in [2.24, 2.45) is 17.3 Å². The largest absolute Gasteiger partial charge is 0.445 e. The summed E-state index contributed by atoms with van der Waals surface area (Å²) in [6.07, 6.45) is 1.36. The molecule has 0 unspecified atom stereocenters. The van der Waals surface area contributed by atoms with Crippen LogP contribution in [0.15, 0.2) is 12.7 Å². The first-order chi connectivity index (χ1) is 12.9. The summed E-state index contributed by atoms with van der Waals surface area (Å²) in [7, 11) is -1.40. The Hall–Kier alpha value is -1.67. The minimum atomic E-state index is -1.40. The summed E-state index contributed by atoms with van der Waals surface area (Å²) in [6.45, 7) is 16.8. The summed E-state index contributed by atoms with van der Waals surface area (Å²) >= 11 is 0. The average Bonchev–Trinajstić information content (AvgIpc) is 2.48. The van der Waals surface area contributed by atoms with Crippen molar-refractivity contribution in [3.63, 3.8) is 0 Å². The number of ether oxygens (including phenoxy) is 1. The molecule has 2 saturated heterocycles. The molecular weight excluding hydrogens is 376 g/mol. The summed E-state index contributed by atoms with van der Waals surface area (Å²) in [5, 5.41) is 2.90. The fraction of sp³-hybridized carbons (Fsp3) is 0.750. The lowest BCUT2D eigenvalue weighted by Gasteiger charge is -2.54. The standard InChI is InChI=1S/C20H34N2O5Si/c1-8-9-26-18(25)22-11-13(12-22)15(23)10-14-16(17(24)21-14)20(5,19(2,3)4)27-28(6)7/h8,13-14,16,28H,1,9-12H2,2-7H3,(H,21,24)/t14-,16-,20-/m1/s1. The molecular formula is C20H34N2O5Si. The molecule has 2 rings (SSSR count). The lowest BCUT2D eigenvalue weighted by atomic mass is 9.63. The van der Waals surface area contributed by atoms with Gasteiger partial charge in [0.05, 0.1) is 23.5 Å².